The lowest BCUT2D eigenvalue weighted by atomic mass is 9.83. The number of aromatic hydroxyl groups is 2. The van der Waals surface area contributed by atoms with E-state index in [2.05, 4.69) is 11.1 Å². The van der Waals surface area contributed by atoms with Crippen LogP contribution in [0.15, 0.2) is 36.4 Å². The molecule has 1 aromatic heterocycles. The number of phenolic OH excluding ortho intramolecular Hbond substituents is 2. The van der Waals surface area contributed by atoms with E-state index < -0.39 is 0 Å². The summed E-state index contributed by atoms with van der Waals surface area (Å²) in [4.78, 5) is 4.59. The minimum Gasteiger partial charge on any atom is -0.504 e. The van der Waals surface area contributed by atoms with E-state index in [0.29, 0.717) is 22.6 Å². The Morgan fingerprint density at radius 1 is 1.03 bits per heavy atom. The highest BCUT2D eigenvalue weighted by atomic mass is 16.5. The van der Waals surface area contributed by atoms with Gasteiger partial charge in [0.05, 0.1) is 19.9 Å². The normalized spacial score (nSPS) is 14.0. The van der Waals surface area contributed by atoms with Crippen LogP contribution in [0.3, 0.4) is 0 Å². The van der Waals surface area contributed by atoms with Crippen molar-refractivity contribution in [3.8, 4) is 40.2 Å². The van der Waals surface area contributed by atoms with Crippen molar-refractivity contribution in [2.24, 2.45) is 0 Å². The third kappa shape index (κ3) is 3.67. The fraction of sp³-hybridized carbons (Fsp3) is 0.200. The molecule has 1 heterocycles. The zero-order valence-corrected chi connectivity index (χ0v) is 17.8. The summed E-state index contributed by atoms with van der Waals surface area (Å²) < 4.78 is 10.5. The predicted molar refractivity (Wildman–Crippen MR) is 122 cm³/mol. The number of fused-ring (bicyclic) bond motifs is 1. The molecule has 0 bridgehead atoms. The largest absolute Gasteiger partial charge is 0.504 e. The highest BCUT2D eigenvalue weighted by Gasteiger charge is 2.25. The number of benzene rings is 2. The molecule has 0 unspecified atom stereocenters. The van der Waals surface area contributed by atoms with Crippen LogP contribution in [0.4, 0.5) is 5.82 Å². The second-order valence-electron chi connectivity index (χ2n) is 7.53. The molecule has 1 aliphatic rings. The number of rotatable bonds is 4. The molecule has 0 saturated carbocycles. The molecular formula is C25H23N3O4. The van der Waals surface area contributed by atoms with Gasteiger partial charge in [0, 0.05) is 5.56 Å². The molecule has 0 atom stereocenters. The molecule has 0 aliphatic heterocycles. The molecule has 1 aliphatic carbocycles. The van der Waals surface area contributed by atoms with Crippen LogP contribution in [0.2, 0.25) is 0 Å². The standard InChI is InChI=1S/C25H23N3O4/c1-31-21-11-14(6-8-19(21)29)10-16-4-3-5-17-23(18(13-26)25(27)28-24(16)17)15-7-9-20(30)22(12-15)32-2/h6-12,29-30H,3-5H2,1-2H3,(H2,27,28)/b16-10+. The molecule has 4 N–H and O–H groups in total. The number of nitrogens with two attached hydrogens (primary N) is 1. The van der Waals surface area contributed by atoms with Crippen molar-refractivity contribution in [2.45, 2.75) is 19.3 Å². The average Bonchev–Trinajstić information content (AvgIpc) is 2.80. The van der Waals surface area contributed by atoms with Gasteiger partial charge >= 0.3 is 0 Å². The van der Waals surface area contributed by atoms with Crippen LogP contribution in [-0.2, 0) is 6.42 Å². The summed E-state index contributed by atoms with van der Waals surface area (Å²) in [6.07, 6.45) is 4.42. The van der Waals surface area contributed by atoms with Gasteiger partial charge in [-0.15, -0.1) is 0 Å². The monoisotopic (exact) mass is 429 g/mol. The zero-order chi connectivity index (χ0) is 22.8. The Morgan fingerprint density at radius 2 is 1.72 bits per heavy atom. The molecule has 4 rings (SSSR count). The number of nitrogen functional groups attached to an aromatic ring is 1. The Hall–Kier alpha value is -4.18. The van der Waals surface area contributed by atoms with Crippen LogP contribution < -0.4 is 15.2 Å². The lowest BCUT2D eigenvalue weighted by Crippen LogP contribution is -2.11. The summed E-state index contributed by atoms with van der Waals surface area (Å²) in [5.74, 6) is 0.957. The van der Waals surface area contributed by atoms with Crippen LogP contribution in [0.1, 0.15) is 35.2 Å². The molecule has 2 aromatic carbocycles. The molecule has 0 radical (unpaired) electrons. The molecule has 7 heteroatoms. The maximum atomic E-state index is 10.0. The summed E-state index contributed by atoms with van der Waals surface area (Å²) in [5, 5.41) is 29.7. The van der Waals surface area contributed by atoms with E-state index in [0.717, 1.165) is 47.2 Å². The topological polar surface area (TPSA) is 122 Å². The van der Waals surface area contributed by atoms with E-state index in [1.54, 1.807) is 36.4 Å². The highest BCUT2D eigenvalue weighted by molar-refractivity contribution is 5.89. The highest BCUT2D eigenvalue weighted by Crippen LogP contribution is 2.42. The number of pyridine rings is 1. The number of nitriles is 1. The number of ether oxygens (including phenoxy) is 2. The Morgan fingerprint density at radius 3 is 2.41 bits per heavy atom. The third-order valence-corrected chi connectivity index (χ3v) is 5.63. The van der Waals surface area contributed by atoms with Gasteiger partial charge in [0.2, 0.25) is 0 Å². The number of hydrogen-bond donors (Lipinski definition) is 3. The van der Waals surface area contributed by atoms with Crippen LogP contribution in [-0.4, -0.2) is 29.4 Å². The average molecular weight is 429 g/mol. The summed E-state index contributed by atoms with van der Waals surface area (Å²) in [7, 11) is 2.99. The lowest BCUT2D eigenvalue weighted by molar-refractivity contribution is 0.373. The van der Waals surface area contributed by atoms with E-state index in [9.17, 15) is 15.5 Å². The number of allylic oxidation sites excluding steroid dienone is 1. The quantitative estimate of drug-likeness (QED) is 0.558. The molecular weight excluding hydrogens is 406 g/mol. The van der Waals surface area contributed by atoms with Gasteiger partial charge < -0.3 is 25.4 Å². The van der Waals surface area contributed by atoms with Crippen molar-refractivity contribution in [3.63, 3.8) is 0 Å². The number of methoxy groups -OCH3 is 2. The van der Waals surface area contributed by atoms with Crippen molar-refractivity contribution in [1.29, 1.82) is 5.26 Å². The van der Waals surface area contributed by atoms with Gasteiger partial charge in [-0.3, -0.25) is 0 Å². The van der Waals surface area contributed by atoms with E-state index in [4.69, 9.17) is 15.2 Å². The van der Waals surface area contributed by atoms with Crippen molar-refractivity contribution >= 4 is 17.5 Å². The van der Waals surface area contributed by atoms with E-state index in [1.165, 1.54) is 14.2 Å². The maximum absolute atomic E-state index is 10.0. The lowest BCUT2D eigenvalue weighted by Gasteiger charge is -2.23. The van der Waals surface area contributed by atoms with Crippen molar-refractivity contribution in [2.75, 3.05) is 20.0 Å². The molecule has 0 saturated heterocycles. The molecule has 0 spiro atoms. The Balaban J connectivity index is 1.92. The maximum Gasteiger partial charge on any atom is 0.161 e. The Labute approximate surface area is 186 Å². The number of aromatic nitrogens is 1. The van der Waals surface area contributed by atoms with Gasteiger partial charge in [0.15, 0.2) is 23.0 Å². The van der Waals surface area contributed by atoms with E-state index in [-0.39, 0.29) is 17.3 Å². The number of anilines is 1. The van der Waals surface area contributed by atoms with E-state index >= 15 is 0 Å². The summed E-state index contributed by atoms with van der Waals surface area (Å²) in [6.45, 7) is 0. The van der Waals surface area contributed by atoms with Crippen molar-refractivity contribution in [3.05, 3.63) is 58.8 Å². The van der Waals surface area contributed by atoms with Gasteiger partial charge in [-0.05, 0) is 71.9 Å². The molecule has 0 fully saturated rings. The minimum atomic E-state index is 0.0208. The SMILES string of the molecule is COc1cc(/C=C2\CCCc3c2nc(N)c(C#N)c3-c2ccc(O)c(OC)c2)ccc1O. The second kappa shape index (κ2) is 8.52. The van der Waals surface area contributed by atoms with Gasteiger partial charge in [0.25, 0.3) is 0 Å². The summed E-state index contributed by atoms with van der Waals surface area (Å²) >= 11 is 0. The third-order valence-electron chi connectivity index (χ3n) is 5.63. The molecule has 0 amide bonds. The van der Waals surface area contributed by atoms with Gasteiger partial charge in [-0.25, -0.2) is 4.98 Å². The molecule has 3 aromatic rings. The van der Waals surface area contributed by atoms with Gasteiger partial charge in [0.1, 0.15) is 17.5 Å². The molecule has 32 heavy (non-hydrogen) atoms. The first kappa shape index (κ1) is 21.1. The number of phenols is 2. The second-order valence-corrected chi connectivity index (χ2v) is 7.53. The van der Waals surface area contributed by atoms with E-state index in [1.807, 2.05) is 6.08 Å². The zero-order valence-electron chi connectivity index (χ0n) is 17.8. The first-order valence-corrected chi connectivity index (χ1v) is 10.1. The molecule has 7 nitrogen and oxygen atoms in total. The van der Waals surface area contributed by atoms with Crippen LogP contribution in [0.25, 0.3) is 22.8 Å². The van der Waals surface area contributed by atoms with Crippen molar-refractivity contribution < 1.29 is 19.7 Å². The van der Waals surface area contributed by atoms with Crippen LogP contribution in [0.5, 0.6) is 23.0 Å². The first-order chi connectivity index (χ1) is 15.5. The fourth-order valence-corrected chi connectivity index (χ4v) is 4.11. The Kier molecular flexibility index (Phi) is 5.61. The number of hydrogen-bond acceptors (Lipinski definition) is 7. The van der Waals surface area contributed by atoms with Crippen molar-refractivity contribution in [1.82, 2.24) is 4.98 Å². The fourth-order valence-electron chi connectivity index (χ4n) is 4.11. The smallest absolute Gasteiger partial charge is 0.161 e. The van der Waals surface area contributed by atoms with Gasteiger partial charge in [-0.2, -0.15) is 5.26 Å². The minimum absolute atomic E-state index is 0.0208. The number of nitrogens with zero attached hydrogens (tertiary/aromatic N) is 2. The van der Waals surface area contributed by atoms with Gasteiger partial charge in [-0.1, -0.05) is 12.1 Å². The van der Waals surface area contributed by atoms with Crippen LogP contribution >= 0.6 is 0 Å². The Bertz CT molecular complexity index is 1280. The summed E-state index contributed by atoms with van der Waals surface area (Å²) in [6, 6.07) is 12.3. The van der Waals surface area contributed by atoms with Crippen LogP contribution in [0, 0.1) is 11.3 Å². The first-order valence-electron chi connectivity index (χ1n) is 10.1. The summed E-state index contributed by atoms with van der Waals surface area (Å²) in [5.41, 5.74) is 11.5. The molecule has 162 valence electrons. The predicted octanol–water partition coefficient (Wildman–Crippen LogP) is 4.51.